The van der Waals surface area contributed by atoms with Crippen LogP contribution in [0.1, 0.15) is 68.0 Å². The number of primary sulfonamides is 1. The van der Waals surface area contributed by atoms with Crippen molar-refractivity contribution in [2.24, 2.45) is 10.6 Å². The maximum Gasteiger partial charge on any atom is 0.247 e. The minimum absolute atomic E-state index is 0.0718. The van der Waals surface area contributed by atoms with E-state index in [0.717, 1.165) is 35.5 Å². The first-order chi connectivity index (χ1) is 13.8. The van der Waals surface area contributed by atoms with Crippen molar-refractivity contribution >= 4 is 27.1 Å². The molecule has 1 unspecified atom stereocenters. The zero-order chi connectivity index (χ0) is 22.7. The molecule has 0 fully saturated rings. The van der Waals surface area contributed by atoms with Gasteiger partial charge in [0.15, 0.2) is 5.78 Å². The zero-order valence-corrected chi connectivity index (χ0v) is 20.4. The number of benzene rings is 1. The number of hydrogen-bond donors (Lipinski definition) is 1. The molecule has 1 aromatic carbocycles. The summed E-state index contributed by atoms with van der Waals surface area (Å²) in [6.07, 6.45) is 2.70. The molecule has 0 amide bonds. The third-order valence-corrected chi connectivity index (χ3v) is 8.16. The Kier molecular flexibility index (Phi) is 7.88. The van der Waals surface area contributed by atoms with Crippen molar-refractivity contribution in [3.05, 3.63) is 45.8 Å². The number of nitrogens with two attached hydrogens (primary N) is 1. The van der Waals surface area contributed by atoms with E-state index < -0.39 is 15.4 Å². The lowest BCUT2D eigenvalue weighted by molar-refractivity contribution is -0.128. The predicted octanol–water partition coefficient (Wildman–Crippen LogP) is 5.13. The number of sulfonamides is 1. The Morgan fingerprint density at radius 1 is 1.17 bits per heavy atom. The SMILES string of the molecule is CCC(CCc1cc(C)c(S(N)(=O)=O)s1)c1ccc(OCC(=O)C(C)(C)C)c(C)c1. The van der Waals surface area contributed by atoms with E-state index in [1.165, 1.54) is 16.9 Å². The molecule has 1 atom stereocenters. The van der Waals surface area contributed by atoms with E-state index >= 15 is 0 Å². The molecule has 0 saturated heterocycles. The second-order valence-corrected chi connectivity index (χ2v) is 11.8. The smallest absolute Gasteiger partial charge is 0.247 e. The number of aryl methyl sites for hydroxylation is 3. The highest BCUT2D eigenvalue weighted by atomic mass is 32.2. The van der Waals surface area contributed by atoms with Gasteiger partial charge in [-0.1, -0.05) is 39.8 Å². The van der Waals surface area contributed by atoms with Crippen molar-refractivity contribution in [1.29, 1.82) is 0 Å². The van der Waals surface area contributed by atoms with Gasteiger partial charge in [-0.05, 0) is 67.9 Å². The van der Waals surface area contributed by atoms with Crippen molar-refractivity contribution in [3.63, 3.8) is 0 Å². The average Bonchev–Trinajstić information content (AvgIpc) is 3.01. The van der Waals surface area contributed by atoms with Gasteiger partial charge in [0.1, 0.15) is 16.6 Å². The molecule has 30 heavy (non-hydrogen) atoms. The van der Waals surface area contributed by atoms with Crippen molar-refractivity contribution < 1.29 is 17.9 Å². The summed E-state index contributed by atoms with van der Waals surface area (Å²) in [5, 5.41) is 5.29. The topological polar surface area (TPSA) is 86.5 Å². The van der Waals surface area contributed by atoms with E-state index in [1.54, 1.807) is 6.92 Å². The Hall–Kier alpha value is -1.70. The molecule has 0 aliphatic rings. The van der Waals surface area contributed by atoms with Crippen LogP contribution >= 0.6 is 11.3 Å². The van der Waals surface area contributed by atoms with E-state index in [0.29, 0.717) is 11.5 Å². The normalized spacial score (nSPS) is 13.3. The number of ether oxygens (including phenoxy) is 1. The van der Waals surface area contributed by atoms with Crippen molar-refractivity contribution in [3.8, 4) is 5.75 Å². The molecule has 0 bridgehead atoms. The number of ketones is 1. The second-order valence-electron chi connectivity index (χ2n) is 8.86. The van der Waals surface area contributed by atoms with Crippen LogP contribution in [0.5, 0.6) is 5.75 Å². The Labute approximate surface area is 184 Å². The summed E-state index contributed by atoms with van der Waals surface area (Å²) in [4.78, 5) is 13.1. The molecule has 1 heterocycles. The number of Topliss-reactive ketones (excluding diaryl/α,β-unsaturated/α-hetero) is 1. The maximum absolute atomic E-state index is 12.1. The third-order valence-electron chi connectivity index (χ3n) is 5.28. The van der Waals surface area contributed by atoms with Crippen molar-refractivity contribution in [1.82, 2.24) is 0 Å². The van der Waals surface area contributed by atoms with Crippen molar-refractivity contribution in [2.45, 2.75) is 70.9 Å². The first-order valence-electron chi connectivity index (χ1n) is 10.2. The van der Waals surface area contributed by atoms with E-state index in [2.05, 4.69) is 19.1 Å². The molecule has 0 aliphatic heterocycles. The van der Waals surface area contributed by atoms with Crippen LogP contribution in [0.3, 0.4) is 0 Å². The van der Waals surface area contributed by atoms with E-state index in [-0.39, 0.29) is 16.6 Å². The van der Waals surface area contributed by atoms with Crippen molar-refractivity contribution in [2.75, 3.05) is 6.61 Å². The van der Waals surface area contributed by atoms with Crippen LogP contribution in [0.25, 0.3) is 0 Å². The minimum atomic E-state index is -3.66. The van der Waals surface area contributed by atoms with Crippen LogP contribution in [0.15, 0.2) is 28.5 Å². The Morgan fingerprint density at radius 2 is 1.83 bits per heavy atom. The van der Waals surface area contributed by atoms with Gasteiger partial charge in [0, 0.05) is 10.3 Å². The van der Waals surface area contributed by atoms with Crippen LogP contribution in [-0.2, 0) is 21.2 Å². The van der Waals surface area contributed by atoms with E-state index in [9.17, 15) is 13.2 Å². The lowest BCUT2D eigenvalue weighted by Crippen LogP contribution is -2.26. The quantitative estimate of drug-likeness (QED) is 0.572. The summed E-state index contributed by atoms with van der Waals surface area (Å²) in [6.45, 7) is 11.7. The van der Waals surface area contributed by atoms with Gasteiger partial charge in [-0.2, -0.15) is 0 Å². The highest BCUT2D eigenvalue weighted by Crippen LogP contribution is 2.32. The Bertz CT molecular complexity index is 1000. The summed E-state index contributed by atoms with van der Waals surface area (Å²) in [6, 6.07) is 8.05. The predicted molar refractivity (Wildman–Crippen MR) is 123 cm³/mol. The minimum Gasteiger partial charge on any atom is -0.486 e. The highest BCUT2D eigenvalue weighted by molar-refractivity contribution is 7.91. The average molecular weight is 452 g/mol. The van der Waals surface area contributed by atoms with Gasteiger partial charge in [0.05, 0.1) is 0 Å². The highest BCUT2D eigenvalue weighted by Gasteiger charge is 2.22. The number of thiophene rings is 1. The molecular weight excluding hydrogens is 418 g/mol. The molecule has 0 spiro atoms. The molecule has 2 rings (SSSR count). The van der Waals surface area contributed by atoms with E-state index in [4.69, 9.17) is 9.88 Å². The van der Waals surface area contributed by atoms with Gasteiger partial charge >= 0.3 is 0 Å². The molecule has 0 aliphatic carbocycles. The van der Waals surface area contributed by atoms with Crippen LogP contribution in [0.2, 0.25) is 0 Å². The van der Waals surface area contributed by atoms with Gasteiger partial charge < -0.3 is 4.74 Å². The van der Waals surface area contributed by atoms with Gasteiger partial charge in [0.25, 0.3) is 0 Å². The largest absolute Gasteiger partial charge is 0.486 e. The van der Waals surface area contributed by atoms with Gasteiger partial charge in [0.2, 0.25) is 10.0 Å². The summed E-state index contributed by atoms with van der Waals surface area (Å²) < 4.78 is 29.3. The van der Waals surface area contributed by atoms with E-state index in [1.807, 2.05) is 39.8 Å². The molecule has 166 valence electrons. The van der Waals surface area contributed by atoms with Gasteiger partial charge in [-0.3, -0.25) is 4.79 Å². The molecule has 5 nitrogen and oxygen atoms in total. The summed E-state index contributed by atoms with van der Waals surface area (Å²) in [7, 11) is -3.66. The molecule has 7 heteroatoms. The van der Waals surface area contributed by atoms with Crippen LogP contribution < -0.4 is 9.88 Å². The molecule has 2 N–H and O–H groups in total. The Balaban J connectivity index is 2.07. The van der Waals surface area contributed by atoms with Gasteiger partial charge in [-0.25, -0.2) is 13.6 Å². The fraction of sp³-hybridized carbons (Fsp3) is 0.522. The lowest BCUT2D eigenvalue weighted by atomic mass is 9.90. The molecule has 0 radical (unpaired) electrons. The molecule has 2 aromatic rings. The number of hydrogen-bond acceptors (Lipinski definition) is 5. The summed E-state index contributed by atoms with van der Waals surface area (Å²) in [5.74, 6) is 1.16. The molecular formula is C23H33NO4S2. The summed E-state index contributed by atoms with van der Waals surface area (Å²) in [5.41, 5.74) is 2.54. The fourth-order valence-corrected chi connectivity index (χ4v) is 5.51. The molecule has 0 saturated carbocycles. The fourth-order valence-electron chi connectivity index (χ4n) is 3.31. The zero-order valence-electron chi connectivity index (χ0n) is 18.7. The third kappa shape index (κ3) is 6.40. The standard InChI is InChI=1S/C23H33NO4S2/c1-7-17(8-10-19-13-16(3)22(29-19)30(24,26)27)18-9-11-20(15(2)12-18)28-14-21(25)23(4,5)6/h9,11-13,17H,7-8,10,14H2,1-6H3,(H2,24,26,27). The van der Waals surface area contributed by atoms with Crippen LogP contribution in [0.4, 0.5) is 0 Å². The monoisotopic (exact) mass is 451 g/mol. The second kappa shape index (κ2) is 9.62. The number of carbonyl (C=O) groups excluding carboxylic acids is 1. The number of rotatable bonds is 9. The summed E-state index contributed by atoms with van der Waals surface area (Å²) >= 11 is 1.27. The lowest BCUT2D eigenvalue weighted by Gasteiger charge is -2.19. The van der Waals surface area contributed by atoms with Crippen LogP contribution in [0, 0.1) is 19.3 Å². The molecule has 1 aromatic heterocycles. The number of carbonyl (C=O) groups is 1. The first-order valence-corrected chi connectivity index (χ1v) is 12.6. The Morgan fingerprint density at radius 3 is 2.33 bits per heavy atom. The maximum atomic E-state index is 12.1. The van der Waals surface area contributed by atoms with Gasteiger partial charge in [-0.15, -0.1) is 11.3 Å². The van der Waals surface area contributed by atoms with Crippen LogP contribution in [-0.4, -0.2) is 20.8 Å². The first kappa shape index (κ1) is 24.6.